The zero-order valence-corrected chi connectivity index (χ0v) is 12.4. The SMILES string of the molecule is c1nc(CCN2CCCC2)sc1CN1CCNCC1. The maximum absolute atomic E-state index is 4.59. The Balaban J connectivity index is 1.45. The molecule has 0 spiro atoms. The van der Waals surface area contributed by atoms with Gasteiger partial charge in [-0.25, -0.2) is 4.98 Å². The van der Waals surface area contributed by atoms with Gasteiger partial charge in [-0.05, 0) is 25.9 Å². The molecule has 1 aromatic rings. The fourth-order valence-corrected chi connectivity index (χ4v) is 3.84. The van der Waals surface area contributed by atoms with Gasteiger partial charge < -0.3 is 10.2 Å². The van der Waals surface area contributed by atoms with Crippen LogP contribution in [0.25, 0.3) is 0 Å². The van der Waals surface area contributed by atoms with Gasteiger partial charge >= 0.3 is 0 Å². The van der Waals surface area contributed by atoms with E-state index < -0.39 is 0 Å². The number of piperazine rings is 1. The maximum Gasteiger partial charge on any atom is 0.0940 e. The number of aromatic nitrogens is 1. The van der Waals surface area contributed by atoms with Crippen molar-refractivity contribution in [2.45, 2.75) is 25.8 Å². The highest BCUT2D eigenvalue weighted by Crippen LogP contribution is 2.17. The highest BCUT2D eigenvalue weighted by atomic mass is 32.1. The number of nitrogens with one attached hydrogen (secondary N) is 1. The van der Waals surface area contributed by atoms with E-state index in [1.165, 1.54) is 55.5 Å². The summed E-state index contributed by atoms with van der Waals surface area (Å²) in [6.45, 7) is 9.45. The average Bonchev–Trinajstić information content (AvgIpc) is 3.09. The van der Waals surface area contributed by atoms with Crippen molar-refractivity contribution in [1.29, 1.82) is 0 Å². The highest BCUT2D eigenvalue weighted by molar-refractivity contribution is 7.11. The van der Waals surface area contributed by atoms with Crippen LogP contribution in [-0.4, -0.2) is 60.6 Å². The standard InChI is InChI=1S/C14H24N4S/c1-2-7-17(6-1)8-3-14-16-11-13(19-14)12-18-9-4-15-5-10-18/h11,15H,1-10,12H2. The quantitative estimate of drug-likeness (QED) is 0.878. The van der Waals surface area contributed by atoms with Gasteiger partial charge in [-0.3, -0.25) is 4.90 Å². The molecule has 1 aromatic heterocycles. The Morgan fingerprint density at radius 2 is 1.89 bits per heavy atom. The molecule has 0 amide bonds. The molecule has 3 rings (SSSR count). The van der Waals surface area contributed by atoms with Crippen molar-refractivity contribution in [3.8, 4) is 0 Å². The predicted molar refractivity (Wildman–Crippen MR) is 79.6 cm³/mol. The van der Waals surface area contributed by atoms with Gasteiger partial charge in [-0.2, -0.15) is 0 Å². The monoisotopic (exact) mass is 280 g/mol. The molecule has 0 atom stereocenters. The van der Waals surface area contributed by atoms with E-state index in [2.05, 4.69) is 26.3 Å². The second kappa shape index (κ2) is 6.79. The fourth-order valence-electron chi connectivity index (χ4n) is 2.89. The van der Waals surface area contributed by atoms with Gasteiger partial charge in [0.25, 0.3) is 0 Å². The fraction of sp³-hybridized carbons (Fsp3) is 0.786. The van der Waals surface area contributed by atoms with E-state index in [1.807, 2.05) is 11.3 Å². The summed E-state index contributed by atoms with van der Waals surface area (Å²) >= 11 is 1.91. The molecule has 19 heavy (non-hydrogen) atoms. The second-order valence-electron chi connectivity index (χ2n) is 5.55. The van der Waals surface area contributed by atoms with E-state index >= 15 is 0 Å². The molecule has 0 aliphatic carbocycles. The van der Waals surface area contributed by atoms with E-state index in [1.54, 1.807) is 0 Å². The maximum atomic E-state index is 4.59. The zero-order chi connectivity index (χ0) is 12.9. The number of likely N-dealkylation sites (tertiary alicyclic amines) is 1. The predicted octanol–water partition coefficient (Wildman–Crippen LogP) is 1.19. The molecule has 0 aromatic carbocycles. The van der Waals surface area contributed by atoms with Crippen LogP contribution in [0.4, 0.5) is 0 Å². The van der Waals surface area contributed by atoms with Gasteiger partial charge in [0.05, 0.1) is 5.01 Å². The van der Waals surface area contributed by atoms with Gasteiger partial charge in [0.2, 0.25) is 0 Å². The molecule has 3 heterocycles. The Labute approximate surface area is 119 Å². The van der Waals surface area contributed by atoms with Crippen LogP contribution in [0.2, 0.25) is 0 Å². The lowest BCUT2D eigenvalue weighted by Crippen LogP contribution is -2.42. The molecule has 0 unspecified atom stereocenters. The van der Waals surface area contributed by atoms with Crippen LogP contribution in [0, 0.1) is 0 Å². The zero-order valence-electron chi connectivity index (χ0n) is 11.6. The van der Waals surface area contributed by atoms with Crippen molar-refractivity contribution in [2.24, 2.45) is 0 Å². The number of hydrogen-bond donors (Lipinski definition) is 1. The summed E-state index contributed by atoms with van der Waals surface area (Å²) < 4.78 is 0. The first-order chi connectivity index (χ1) is 9.40. The summed E-state index contributed by atoms with van der Waals surface area (Å²) in [5.41, 5.74) is 0. The van der Waals surface area contributed by atoms with Crippen LogP contribution < -0.4 is 5.32 Å². The molecule has 0 radical (unpaired) electrons. The molecule has 2 fully saturated rings. The van der Waals surface area contributed by atoms with Crippen molar-refractivity contribution < 1.29 is 0 Å². The van der Waals surface area contributed by atoms with Crippen molar-refractivity contribution in [1.82, 2.24) is 20.1 Å². The van der Waals surface area contributed by atoms with Crippen LogP contribution in [-0.2, 0) is 13.0 Å². The van der Waals surface area contributed by atoms with Gasteiger partial charge in [-0.15, -0.1) is 11.3 Å². The molecule has 2 saturated heterocycles. The van der Waals surface area contributed by atoms with E-state index in [9.17, 15) is 0 Å². The van der Waals surface area contributed by atoms with Gasteiger partial charge in [-0.1, -0.05) is 0 Å². The Morgan fingerprint density at radius 3 is 2.68 bits per heavy atom. The molecule has 2 aliphatic rings. The summed E-state index contributed by atoms with van der Waals surface area (Å²) in [7, 11) is 0. The molecule has 1 N–H and O–H groups in total. The lowest BCUT2D eigenvalue weighted by molar-refractivity contribution is 0.235. The normalized spacial score (nSPS) is 22.1. The molecule has 106 valence electrons. The summed E-state index contributed by atoms with van der Waals surface area (Å²) in [6, 6.07) is 0. The van der Waals surface area contributed by atoms with Gasteiger partial charge in [0.15, 0.2) is 0 Å². The van der Waals surface area contributed by atoms with E-state index in [-0.39, 0.29) is 0 Å². The number of hydrogen-bond acceptors (Lipinski definition) is 5. The van der Waals surface area contributed by atoms with Crippen LogP contribution in [0.1, 0.15) is 22.7 Å². The minimum absolute atomic E-state index is 1.09. The number of rotatable bonds is 5. The molecule has 2 aliphatic heterocycles. The number of nitrogens with zero attached hydrogens (tertiary/aromatic N) is 3. The summed E-state index contributed by atoms with van der Waals surface area (Å²) in [5, 5.41) is 4.71. The molecule has 5 heteroatoms. The third kappa shape index (κ3) is 3.99. The summed E-state index contributed by atoms with van der Waals surface area (Å²) in [5.74, 6) is 0. The Morgan fingerprint density at radius 1 is 1.11 bits per heavy atom. The highest BCUT2D eigenvalue weighted by Gasteiger charge is 2.14. The molecule has 0 saturated carbocycles. The lowest BCUT2D eigenvalue weighted by atomic mass is 10.3. The lowest BCUT2D eigenvalue weighted by Gasteiger charge is -2.26. The third-order valence-corrected chi connectivity index (χ3v) is 5.07. The van der Waals surface area contributed by atoms with Crippen molar-refractivity contribution in [3.63, 3.8) is 0 Å². The minimum atomic E-state index is 1.09. The number of thiazole rings is 1. The smallest absolute Gasteiger partial charge is 0.0940 e. The first-order valence-electron chi connectivity index (χ1n) is 7.49. The summed E-state index contributed by atoms with van der Waals surface area (Å²) in [6.07, 6.45) is 5.98. The topological polar surface area (TPSA) is 31.4 Å². The van der Waals surface area contributed by atoms with E-state index in [4.69, 9.17) is 0 Å². The Hall–Kier alpha value is -0.490. The Bertz CT molecular complexity index is 381. The molecule has 4 nitrogen and oxygen atoms in total. The van der Waals surface area contributed by atoms with Crippen LogP contribution >= 0.6 is 11.3 Å². The van der Waals surface area contributed by atoms with Crippen LogP contribution in [0.15, 0.2) is 6.20 Å². The van der Waals surface area contributed by atoms with E-state index in [0.29, 0.717) is 0 Å². The van der Waals surface area contributed by atoms with Gasteiger partial charge in [0.1, 0.15) is 0 Å². The van der Waals surface area contributed by atoms with Crippen molar-refractivity contribution >= 4 is 11.3 Å². The van der Waals surface area contributed by atoms with Crippen molar-refractivity contribution in [2.75, 3.05) is 45.8 Å². The Kier molecular flexibility index (Phi) is 4.82. The largest absolute Gasteiger partial charge is 0.314 e. The molecular formula is C14H24N4S. The van der Waals surface area contributed by atoms with Crippen LogP contribution in [0.5, 0.6) is 0 Å². The minimum Gasteiger partial charge on any atom is -0.314 e. The third-order valence-electron chi connectivity index (χ3n) is 4.03. The van der Waals surface area contributed by atoms with E-state index in [0.717, 1.165) is 26.1 Å². The molecule has 0 bridgehead atoms. The first kappa shape index (κ1) is 13.5. The summed E-state index contributed by atoms with van der Waals surface area (Å²) in [4.78, 5) is 11.1. The molecular weight excluding hydrogens is 256 g/mol. The van der Waals surface area contributed by atoms with Crippen molar-refractivity contribution in [3.05, 3.63) is 16.1 Å². The van der Waals surface area contributed by atoms with Crippen LogP contribution in [0.3, 0.4) is 0 Å². The average molecular weight is 280 g/mol. The van der Waals surface area contributed by atoms with Gasteiger partial charge in [0, 0.05) is 56.8 Å². The first-order valence-corrected chi connectivity index (χ1v) is 8.31. The second-order valence-corrected chi connectivity index (χ2v) is 6.74.